The second-order valence-electron chi connectivity index (χ2n) is 8.13. The van der Waals surface area contributed by atoms with Crippen molar-refractivity contribution in [1.82, 2.24) is 10.2 Å². The SMILES string of the molecule is N[C@H]1CS(=O)(=O)c2cc(F)c(-c3nnc(-c4ccccc4F)o3)cc2N(Cc2ccc(Cl)cc2)C1=O. The van der Waals surface area contributed by atoms with Crippen LogP contribution >= 0.6 is 11.6 Å². The lowest BCUT2D eigenvalue weighted by Gasteiger charge is -2.24. The van der Waals surface area contributed by atoms with E-state index in [1.54, 1.807) is 30.3 Å². The van der Waals surface area contributed by atoms with Crippen LogP contribution in [0.2, 0.25) is 5.02 Å². The molecule has 5 rings (SSSR count). The van der Waals surface area contributed by atoms with Gasteiger partial charge < -0.3 is 15.1 Å². The summed E-state index contributed by atoms with van der Waals surface area (Å²) in [6, 6.07) is 12.8. The maximum Gasteiger partial charge on any atom is 0.251 e. The summed E-state index contributed by atoms with van der Waals surface area (Å²) in [5.74, 6) is -3.46. The summed E-state index contributed by atoms with van der Waals surface area (Å²) in [4.78, 5) is 13.9. The Morgan fingerprint density at radius 2 is 1.67 bits per heavy atom. The van der Waals surface area contributed by atoms with Crippen molar-refractivity contribution in [3.05, 3.63) is 82.9 Å². The normalized spacial score (nSPS) is 17.1. The maximum atomic E-state index is 15.2. The lowest BCUT2D eigenvalue weighted by atomic mass is 10.1. The number of aromatic nitrogens is 2. The zero-order chi connectivity index (χ0) is 25.6. The van der Waals surface area contributed by atoms with E-state index in [1.807, 2.05) is 0 Å². The Morgan fingerprint density at radius 1 is 1.00 bits per heavy atom. The van der Waals surface area contributed by atoms with Crippen LogP contribution in [0.3, 0.4) is 0 Å². The molecule has 0 bridgehead atoms. The van der Waals surface area contributed by atoms with Crippen LogP contribution in [-0.2, 0) is 21.2 Å². The number of nitrogens with two attached hydrogens (primary N) is 1. The smallest absolute Gasteiger partial charge is 0.251 e. The molecule has 2 N–H and O–H groups in total. The van der Waals surface area contributed by atoms with Crippen molar-refractivity contribution in [3.8, 4) is 22.9 Å². The monoisotopic (exact) mass is 530 g/mol. The summed E-state index contributed by atoms with van der Waals surface area (Å²) >= 11 is 5.94. The molecule has 1 aliphatic heterocycles. The van der Waals surface area contributed by atoms with Gasteiger partial charge in [0.2, 0.25) is 5.91 Å². The van der Waals surface area contributed by atoms with E-state index < -0.39 is 44.1 Å². The van der Waals surface area contributed by atoms with Gasteiger partial charge in [-0.15, -0.1) is 10.2 Å². The topological polar surface area (TPSA) is 119 Å². The van der Waals surface area contributed by atoms with Crippen LogP contribution < -0.4 is 10.6 Å². The number of hydrogen-bond acceptors (Lipinski definition) is 7. The Hall–Kier alpha value is -3.67. The lowest BCUT2D eigenvalue weighted by molar-refractivity contribution is -0.119. The molecule has 0 radical (unpaired) electrons. The zero-order valence-electron chi connectivity index (χ0n) is 18.4. The number of fused-ring (bicyclic) bond motifs is 1. The van der Waals surface area contributed by atoms with Gasteiger partial charge in [-0.1, -0.05) is 35.9 Å². The standard InChI is InChI=1S/C24H17ClF2N4O4S/c25-14-7-5-13(6-8-14)11-31-20-9-16(18(27)10-21(20)36(33,34)12-19(28)24(31)32)23-30-29-22(35-23)15-3-1-2-4-17(15)26/h1-10,19H,11-12,28H2/t19-/m0/s1. The van der Waals surface area contributed by atoms with E-state index in [0.29, 0.717) is 10.6 Å². The molecule has 1 atom stereocenters. The van der Waals surface area contributed by atoms with Crippen LogP contribution in [0.4, 0.5) is 14.5 Å². The maximum absolute atomic E-state index is 15.2. The number of benzene rings is 3. The highest BCUT2D eigenvalue weighted by Crippen LogP contribution is 2.37. The average molecular weight is 531 g/mol. The van der Waals surface area contributed by atoms with Gasteiger partial charge in [0.1, 0.15) is 11.6 Å². The Balaban J connectivity index is 1.65. The molecule has 3 aromatic carbocycles. The second kappa shape index (κ2) is 9.08. The molecule has 1 aromatic heterocycles. The molecule has 36 heavy (non-hydrogen) atoms. The van der Waals surface area contributed by atoms with Gasteiger partial charge in [-0.2, -0.15) is 0 Å². The summed E-state index contributed by atoms with van der Waals surface area (Å²) in [6.45, 7) is -0.0540. The molecular weight excluding hydrogens is 514 g/mol. The van der Waals surface area contributed by atoms with E-state index in [-0.39, 0.29) is 35.1 Å². The van der Waals surface area contributed by atoms with Gasteiger partial charge in [0, 0.05) is 5.02 Å². The third kappa shape index (κ3) is 4.36. The minimum atomic E-state index is -4.12. The van der Waals surface area contributed by atoms with Crippen LogP contribution in [0, 0.1) is 11.6 Å². The molecule has 0 aliphatic carbocycles. The Morgan fingerprint density at radius 3 is 2.36 bits per heavy atom. The number of rotatable bonds is 4. The second-order valence-corrected chi connectivity index (χ2v) is 10.6. The fourth-order valence-electron chi connectivity index (χ4n) is 3.89. The highest BCUT2D eigenvalue weighted by molar-refractivity contribution is 7.91. The molecule has 184 valence electrons. The predicted molar refractivity (Wildman–Crippen MR) is 128 cm³/mol. The van der Waals surface area contributed by atoms with E-state index >= 15 is 4.39 Å². The molecule has 1 aliphatic rings. The van der Waals surface area contributed by atoms with Gasteiger partial charge in [0.15, 0.2) is 9.84 Å². The molecule has 1 amide bonds. The van der Waals surface area contributed by atoms with E-state index in [1.165, 1.54) is 23.1 Å². The summed E-state index contributed by atoms with van der Waals surface area (Å²) < 4.78 is 60.8. The quantitative estimate of drug-likeness (QED) is 0.424. The average Bonchev–Trinajstić information content (AvgIpc) is 3.31. The van der Waals surface area contributed by atoms with Gasteiger partial charge >= 0.3 is 0 Å². The van der Waals surface area contributed by atoms with Crippen LogP contribution in [0.15, 0.2) is 70.0 Å². The number of carbonyl (C=O) groups excluding carboxylic acids is 1. The molecule has 12 heteroatoms. The van der Waals surface area contributed by atoms with Crippen LogP contribution in [-0.4, -0.2) is 36.3 Å². The van der Waals surface area contributed by atoms with Crippen LogP contribution in [0.25, 0.3) is 22.9 Å². The van der Waals surface area contributed by atoms with E-state index in [0.717, 1.165) is 12.1 Å². The van der Waals surface area contributed by atoms with Crippen molar-refractivity contribution in [3.63, 3.8) is 0 Å². The molecule has 8 nitrogen and oxygen atoms in total. The molecule has 0 saturated heterocycles. The number of anilines is 1. The third-order valence-electron chi connectivity index (χ3n) is 5.67. The van der Waals surface area contributed by atoms with Crippen LogP contribution in [0.5, 0.6) is 0 Å². The van der Waals surface area contributed by atoms with Gasteiger partial charge in [-0.25, -0.2) is 17.2 Å². The molecule has 4 aromatic rings. The summed E-state index contributed by atoms with van der Waals surface area (Å²) in [5, 5.41) is 8.08. The van der Waals surface area contributed by atoms with E-state index in [2.05, 4.69) is 10.2 Å². The first-order valence-corrected chi connectivity index (χ1v) is 12.6. The first kappa shape index (κ1) is 24.0. The summed E-state index contributed by atoms with van der Waals surface area (Å²) in [7, 11) is -4.12. The highest BCUT2D eigenvalue weighted by atomic mass is 35.5. The highest BCUT2D eigenvalue weighted by Gasteiger charge is 2.37. The van der Waals surface area contributed by atoms with Crippen molar-refractivity contribution >= 4 is 33.0 Å². The van der Waals surface area contributed by atoms with Gasteiger partial charge in [-0.05, 0) is 42.0 Å². The van der Waals surface area contributed by atoms with Crippen molar-refractivity contribution in [1.29, 1.82) is 0 Å². The van der Waals surface area contributed by atoms with Crippen molar-refractivity contribution < 1.29 is 26.4 Å². The molecule has 0 saturated carbocycles. The molecule has 0 spiro atoms. The minimum absolute atomic E-state index is 0.0134. The van der Waals surface area contributed by atoms with Gasteiger partial charge in [0.05, 0.1) is 40.0 Å². The van der Waals surface area contributed by atoms with Gasteiger partial charge in [-0.3, -0.25) is 4.79 Å². The fourth-order valence-corrected chi connectivity index (χ4v) is 5.59. The third-order valence-corrected chi connectivity index (χ3v) is 7.72. The Labute approximate surface area is 209 Å². The number of carbonyl (C=O) groups is 1. The first-order valence-electron chi connectivity index (χ1n) is 10.6. The number of halogens is 3. The molecule has 0 fully saturated rings. The Kier molecular flexibility index (Phi) is 6.07. The molecule has 2 heterocycles. The zero-order valence-corrected chi connectivity index (χ0v) is 19.9. The summed E-state index contributed by atoms with van der Waals surface area (Å²) in [5.41, 5.74) is 6.20. The lowest BCUT2D eigenvalue weighted by Crippen LogP contribution is -2.45. The largest absolute Gasteiger partial charge is 0.416 e. The number of sulfone groups is 1. The first-order chi connectivity index (χ1) is 17.1. The molecular formula is C24H17ClF2N4O4S. The van der Waals surface area contributed by atoms with E-state index in [9.17, 15) is 17.6 Å². The predicted octanol–water partition coefficient (Wildman–Crippen LogP) is 3.98. The number of hydrogen-bond donors (Lipinski definition) is 1. The van der Waals surface area contributed by atoms with E-state index in [4.69, 9.17) is 21.8 Å². The van der Waals surface area contributed by atoms with Crippen molar-refractivity contribution in [2.24, 2.45) is 5.73 Å². The molecule has 0 unspecified atom stereocenters. The summed E-state index contributed by atoms with van der Waals surface area (Å²) in [6.07, 6.45) is 0. The van der Waals surface area contributed by atoms with Gasteiger partial charge in [0.25, 0.3) is 11.8 Å². The number of amides is 1. The number of nitrogens with zero attached hydrogens (tertiary/aromatic N) is 3. The van der Waals surface area contributed by atoms with Crippen LogP contribution in [0.1, 0.15) is 5.56 Å². The van der Waals surface area contributed by atoms with Crippen molar-refractivity contribution in [2.45, 2.75) is 17.5 Å². The fraction of sp³-hybridized carbons (Fsp3) is 0.125. The minimum Gasteiger partial charge on any atom is -0.416 e. The van der Waals surface area contributed by atoms with Crippen molar-refractivity contribution in [2.75, 3.05) is 10.7 Å². The Bertz CT molecular complexity index is 1590.